The minimum Gasteiger partial charge on any atom is -0.389 e. The zero-order valence-corrected chi connectivity index (χ0v) is 6.81. The Balaban J connectivity index is 2.60. The quantitative estimate of drug-likeness (QED) is 0.688. The summed E-state index contributed by atoms with van der Waals surface area (Å²) in [6, 6.07) is 5.70. The van der Waals surface area contributed by atoms with E-state index in [0.29, 0.717) is 0 Å². The van der Waals surface area contributed by atoms with Gasteiger partial charge in [-0.2, -0.15) is 5.10 Å². The van der Waals surface area contributed by atoms with Crippen molar-refractivity contribution in [3.8, 4) is 0 Å². The number of aliphatic hydroxyl groups is 1. The first-order valence-electron chi connectivity index (χ1n) is 3.89. The van der Waals surface area contributed by atoms with Gasteiger partial charge >= 0.3 is 0 Å². The Hall–Kier alpha value is -1.35. The molecule has 0 aliphatic rings. The second-order valence-electron chi connectivity index (χ2n) is 2.84. The third-order valence-corrected chi connectivity index (χ3v) is 1.91. The van der Waals surface area contributed by atoms with Crippen molar-refractivity contribution in [2.45, 2.75) is 13.0 Å². The highest BCUT2D eigenvalue weighted by Gasteiger charge is 2.01. The zero-order valence-electron chi connectivity index (χ0n) is 6.81. The summed E-state index contributed by atoms with van der Waals surface area (Å²) in [6.07, 6.45) is 3.17. The number of aliphatic hydroxyl groups excluding tert-OH is 1. The summed E-state index contributed by atoms with van der Waals surface area (Å²) in [7, 11) is 0. The smallest absolute Gasteiger partial charge is 0.0763 e. The molecule has 0 amide bonds. The number of hydrogen-bond acceptors (Lipinski definition) is 2. The van der Waals surface area contributed by atoms with Crippen molar-refractivity contribution in [2.75, 3.05) is 0 Å². The van der Waals surface area contributed by atoms with E-state index < -0.39 is 6.10 Å². The maximum Gasteiger partial charge on any atom is 0.0763 e. The summed E-state index contributed by atoms with van der Waals surface area (Å²) >= 11 is 0. The van der Waals surface area contributed by atoms with E-state index in [4.69, 9.17) is 0 Å². The van der Waals surface area contributed by atoms with Gasteiger partial charge in [0.05, 0.1) is 11.6 Å². The first kappa shape index (κ1) is 7.31. The predicted molar refractivity (Wildman–Crippen MR) is 45.8 cm³/mol. The van der Waals surface area contributed by atoms with Gasteiger partial charge in [-0.15, -0.1) is 0 Å². The van der Waals surface area contributed by atoms with E-state index in [1.807, 2.05) is 24.4 Å². The van der Waals surface area contributed by atoms with E-state index >= 15 is 0 Å². The lowest BCUT2D eigenvalue weighted by Gasteiger charge is -2.03. The van der Waals surface area contributed by atoms with Crippen LogP contribution in [-0.2, 0) is 0 Å². The molecule has 0 radical (unpaired) electrons. The molecule has 0 saturated heterocycles. The minimum absolute atomic E-state index is 0.412. The van der Waals surface area contributed by atoms with Crippen LogP contribution >= 0.6 is 0 Å². The molecule has 0 bridgehead atoms. The highest BCUT2D eigenvalue weighted by atomic mass is 16.3. The number of pyridine rings is 1. The first-order valence-corrected chi connectivity index (χ1v) is 3.89. The van der Waals surface area contributed by atoms with Crippen molar-refractivity contribution >= 4 is 5.52 Å². The first-order chi connectivity index (χ1) is 5.77. The molecule has 0 aromatic carbocycles. The van der Waals surface area contributed by atoms with Gasteiger partial charge in [-0.3, -0.25) is 0 Å². The summed E-state index contributed by atoms with van der Waals surface area (Å²) < 4.78 is 1.77. The molecule has 0 saturated carbocycles. The summed E-state index contributed by atoms with van der Waals surface area (Å²) in [5.74, 6) is 0. The fourth-order valence-corrected chi connectivity index (χ4v) is 1.20. The molecule has 0 aliphatic heterocycles. The number of aromatic nitrogens is 2. The largest absolute Gasteiger partial charge is 0.389 e. The van der Waals surface area contributed by atoms with Crippen LogP contribution < -0.4 is 0 Å². The van der Waals surface area contributed by atoms with Crippen LogP contribution in [0.5, 0.6) is 0 Å². The van der Waals surface area contributed by atoms with Crippen molar-refractivity contribution in [2.24, 2.45) is 0 Å². The predicted octanol–water partition coefficient (Wildman–Crippen LogP) is 1.39. The summed E-state index contributed by atoms with van der Waals surface area (Å²) in [5.41, 5.74) is 1.93. The number of fused-ring (bicyclic) bond motifs is 1. The Bertz CT molecular complexity index is 392. The Morgan fingerprint density at radius 2 is 2.33 bits per heavy atom. The Labute approximate surface area is 70.3 Å². The lowest BCUT2D eigenvalue weighted by molar-refractivity contribution is 0.199. The minimum atomic E-state index is -0.412. The maximum atomic E-state index is 9.29. The standard InChI is InChI=1S/C9H10N2O/c1-7(12)8-3-5-11-9(6-8)2-4-10-11/h2-7,12H,1H3. The molecule has 3 heteroatoms. The van der Waals surface area contributed by atoms with Crippen molar-refractivity contribution in [3.05, 3.63) is 36.2 Å². The van der Waals surface area contributed by atoms with E-state index in [2.05, 4.69) is 5.10 Å². The lowest BCUT2D eigenvalue weighted by Crippen LogP contribution is -1.93. The van der Waals surface area contributed by atoms with Crippen molar-refractivity contribution in [3.63, 3.8) is 0 Å². The van der Waals surface area contributed by atoms with E-state index in [9.17, 15) is 5.11 Å². The van der Waals surface area contributed by atoms with Crippen LogP contribution in [0.4, 0.5) is 0 Å². The van der Waals surface area contributed by atoms with E-state index in [-0.39, 0.29) is 0 Å². The van der Waals surface area contributed by atoms with Gasteiger partial charge < -0.3 is 5.11 Å². The van der Waals surface area contributed by atoms with E-state index in [1.54, 1.807) is 17.6 Å². The van der Waals surface area contributed by atoms with Crippen LogP contribution in [0.15, 0.2) is 30.6 Å². The average Bonchev–Trinajstić information content (AvgIpc) is 2.49. The van der Waals surface area contributed by atoms with Gasteiger partial charge in [0.15, 0.2) is 0 Å². The molecule has 62 valence electrons. The number of hydrogen-bond donors (Lipinski definition) is 1. The monoisotopic (exact) mass is 162 g/mol. The van der Waals surface area contributed by atoms with Crippen molar-refractivity contribution in [1.82, 2.24) is 9.61 Å². The molecule has 2 aromatic heterocycles. The third-order valence-electron chi connectivity index (χ3n) is 1.91. The normalized spacial score (nSPS) is 13.5. The highest BCUT2D eigenvalue weighted by molar-refractivity contribution is 5.47. The average molecular weight is 162 g/mol. The zero-order chi connectivity index (χ0) is 8.55. The SMILES string of the molecule is CC(O)c1ccn2nccc2c1. The van der Waals surface area contributed by atoms with E-state index in [0.717, 1.165) is 11.1 Å². The molecule has 0 fully saturated rings. The van der Waals surface area contributed by atoms with Crippen molar-refractivity contribution < 1.29 is 5.11 Å². The molecule has 1 unspecified atom stereocenters. The molecule has 2 heterocycles. The maximum absolute atomic E-state index is 9.29. The third kappa shape index (κ3) is 1.08. The van der Waals surface area contributed by atoms with Gasteiger partial charge in [-0.05, 0) is 30.7 Å². The second-order valence-corrected chi connectivity index (χ2v) is 2.84. The molecule has 3 nitrogen and oxygen atoms in total. The Morgan fingerprint density at radius 1 is 1.50 bits per heavy atom. The van der Waals surface area contributed by atoms with Crippen LogP contribution in [-0.4, -0.2) is 14.7 Å². The van der Waals surface area contributed by atoms with Gasteiger partial charge in [-0.1, -0.05) is 0 Å². The lowest BCUT2D eigenvalue weighted by atomic mass is 10.1. The van der Waals surface area contributed by atoms with Crippen LogP contribution in [0, 0.1) is 0 Å². The number of rotatable bonds is 1. The molecule has 2 aromatic rings. The van der Waals surface area contributed by atoms with E-state index in [1.165, 1.54) is 0 Å². The van der Waals surface area contributed by atoms with Crippen LogP contribution in [0.1, 0.15) is 18.6 Å². The molecular formula is C9H10N2O. The second kappa shape index (κ2) is 2.60. The van der Waals surface area contributed by atoms with Crippen LogP contribution in [0.2, 0.25) is 0 Å². The fourth-order valence-electron chi connectivity index (χ4n) is 1.20. The van der Waals surface area contributed by atoms with Gasteiger partial charge in [0, 0.05) is 12.4 Å². The fraction of sp³-hybridized carbons (Fsp3) is 0.222. The highest BCUT2D eigenvalue weighted by Crippen LogP contribution is 2.13. The summed E-state index contributed by atoms with van der Waals surface area (Å²) in [5, 5.41) is 13.3. The van der Waals surface area contributed by atoms with Crippen molar-refractivity contribution in [1.29, 1.82) is 0 Å². The summed E-state index contributed by atoms with van der Waals surface area (Å²) in [6.45, 7) is 1.75. The Morgan fingerprint density at radius 3 is 3.08 bits per heavy atom. The molecule has 2 rings (SSSR count). The van der Waals surface area contributed by atoms with Gasteiger partial charge in [-0.25, -0.2) is 4.52 Å². The van der Waals surface area contributed by atoms with Gasteiger partial charge in [0.25, 0.3) is 0 Å². The van der Waals surface area contributed by atoms with Gasteiger partial charge in [0.2, 0.25) is 0 Å². The molecule has 1 N–H and O–H groups in total. The molecule has 0 aliphatic carbocycles. The topological polar surface area (TPSA) is 37.5 Å². The Kier molecular flexibility index (Phi) is 1.59. The summed E-state index contributed by atoms with van der Waals surface area (Å²) in [4.78, 5) is 0. The molecular weight excluding hydrogens is 152 g/mol. The number of nitrogens with zero attached hydrogens (tertiary/aromatic N) is 2. The van der Waals surface area contributed by atoms with Crippen LogP contribution in [0.3, 0.4) is 0 Å². The molecule has 12 heavy (non-hydrogen) atoms. The van der Waals surface area contributed by atoms with Crippen LogP contribution in [0.25, 0.3) is 5.52 Å². The molecule has 0 spiro atoms. The van der Waals surface area contributed by atoms with Gasteiger partial charge in [0.1, 0.15) is 0 Å². The molecule has 1 atom stereocenters.